The van der Waals surface area contributed by atoms with E-state index in [1.54, 1.807) is 6.20 Å². The minimum absolute atomic E-state index is 0.125. The van der Waals surface area contributed by atoms with Gasteiger partial charge in [0.25, 0.3) is 0 Å². The summed E-state index contributed by atoms with van der Waals surface area (Å²) in [4.78, 5) is 25.6. The van der Waals surface area contributed by atoms with E-state index in [1.165, 1.54) is 12.8 Å². The van der Waals surface area contributed by atoms with E-state index in [2.05, 4.69) is 53.6 Å². The Balaban J connectivity index is 1.13. The highest BCUT2D eigenvalue weighted by molar-refractivity contribution is 6.32. The van der Waals surface area contributed by atoms with Crippen LogP contribution in [0.5, 0.6) is 0 Å². The van der Waals surface area contributed by atoms with Crippen LogP contribution in [0.15, 0.2) is 12.4 Å². The number of likely N-dealkylation sites (tertiary alicyclic amines) is 1. The molecule has 2 unspecified atom stereocenters. The van der Waals surface area contributed by atoms with Gasteiger partial charge in [-0.25, -0.2) is 4.98 Å². The Bertz CT molecular complexity index is 1040. The van der Waals surface area contributed by atoms with E-state index >= 15 is 0 Å². The Hall–Kier alpha value is -2.43. The minimum atomic E-state index is 0.125. The summed E-state index contributed by atoms with van der Waals surface area (Å²) in [5.41, 5.74) is 1.84. The van der Waals surface area contributed by atoms with Crippen LogP contribution in [0.2, 0.25) is 5.02 Å². The van der Waals surface area contributed by atoms with Crippen molar-refractivity contribution < 1.29 is 4.79 Å². The first-order chi connectivity index (χ1) is 16.9. The first kappa shape index (κ1) is 24.3. The molecule has 10 nitrogen and oxygen atoms in total. The molecule has 3 saturated heterocycles. The number of aryl methyl sites for hydroxylation is 1. The van der Waals surface area contributed by atoms with Crippen molar-refractivity contribution in [1.29, 1.82) is 0 Å². The van der Waals surface area contributed by atoms with Gasteiger partial charge in [0.2, 0.25) is 11.9 Å². The second-order valence-corrected chi connectivity index (χ2v) is 10.7. The van der Waals surface area contributed by atoms with Crippen LogP contribution in [-0.2, 0) is 4.79 Å². The molecule has 2 bridgehead atoms. The summed E-state index contributed by atoms with van der Waals surface area (Å²) >= 11 is 6.32. The van der Waals surface area contributed by atoms with Crippen molar-refractivity contribution in [3.05, 3.63) is 23.1 Å². The molecule has 35 heavy (non-hydrogen) atoms. The van der Waals surface area contributed by atoms with Crippen molar-refractivity contribution in [3.63, 3.8) is 0 Å². The smallest absolute Gasteiger partial charge is 0.229 e. The van der Waals surface area contributed by atoms with Crippen LogP contribution in [0, 0.1) is 12.8 Å². The second-order valence-electron chi connectivity index (χ2n) is 10.3. The van der Waals surface area contributed by atoms with Gasteiger partial charge in [0.1, 0.15) is 10.8 Å². The third-order valence-corrected chi connectivity index (χ3v) is 8.01. The number of hydrogen-bond donors (Lipinski definition) is 3. The zero-order valence-corrected chi connectivity index (χ0v) is 21.6. The minimum Gasteiger partial charge on any atom is -0.369 e. The lowest BCUT2D eigenvalue weighted by atomic mass is 9.98. The van der Waals surface area contributed by atoms with Gasteiger partial charge in [-0.05, 0) is 53.1 Å². The predicted octanol–water partition coefficient (Wildman–Crippen LogP) is 2.66. The SMILES string of the molecule is Cc1nn(C2CC3CCC(C2)N3C)cc1Nc1ncc(Cl)c(NCCCNC(=O)C2CN(C)C2)n1. The molecule has 2 aromatic heterocycles. The molecule has 2 atom stereocenters. The number of fused-ring (bicyclic) bond motifs is 2. The molecule has 0 saturated carbocycles. The van der Waals surface area contributed by atoms with Crippen LogP contribution in [0.1, 0.15) is 43.8 Å². The van der Waals surface area contributed by atoms with Crippen molar-refractivity contribution in [3.8, 4) is 0 Å². The summed E-state index contributed by atoms with van der Waals surface area (Å²) in [5, 5.41) is 14.8. The molecule has 5 rings (SSSR count). The highest BCUT2D eigenvalue weighted by Crippen LogP contribution is 2.40. The first-order valence-electron chi connectivity index (χ1n) is 12.6. The summed E-state index contributed by atoms with van der Waals surface area (Å²) < 4.78 is 2.13. The van der Waals surface area contributed by atoms with Gasteiger partial charge in [-0.2, -0.15) is 10.1 Å². The first-order valence-corrected chi connectivity index (χ1v) is 13.0. The topological polar surface area (TPSA) is 103 Å². The van der Waals surface area contributed by atoms with Gasteiger partial charge in [-0.15, -0.1) is 0 Å². The number of rotatable bonds is 9. The fourth-order valence-corrected chi connectivity index (χ4v) is 5.74. The molecule has 5 heterocycles. The van der Waals surface area contributed by atoms with Gasteiger partial charge in [0, 0.05) is 44.5 Å². The number of hydrogen-bond acceptors (Lipinski definition) is 8. The number of carbonyl (C=O) groups is 1. The molecule has 2 aromatic rings. The van der Waals surface area contributed by atoms with E-state index in [4.69, 9.17) is 16.7 Å². The van der Waals surface area contributed by atoms with Gasteiger partial charge in [-0.1, -0.05) is 11.6 Å². The highest BCUT2D eigenvalue weighted by atomic mass is 35.5. The normalized spacial score (nSPS) is 24.9. The molecule has 1 amide bonds. The molecule has 0 radical (unpaired) electrons. The maximum absolute atomic E-state index is 12.0. The van der Waals surface area contributed by atoms with Crippen LogP contribution < -0.4 is 16.0 Å². The lowest BCUT2D eigenvalue weighted by Crippen LogP contribution is -2.51. The number of carbonyl (C=O) groups excluding carboxylic acids is 1. The molecular weight excluding hydrogens is 466 g/mol. The Labute approximate surface area is 211 Å². The number of nitrogens with one attached hydrogen (secondary N) is 3. The van der Waals surface area contributed by atoms with E-state index < -0.39 is 0 Å². The van der Waals surface area contributed by atoms with Crippen molar-refractivity contribution >= 4 is 35.0 Å². The van der Waals surface area contributed by atoms with E-state index in [9.17, 15) is 4.79 Å². The number of aromatic nitrogens is 4. The number of halogens is 1. The Kier molecular flexibility index (Phi) is 7.13. The monoisotopic (exact) mass is 501 g/mol. The standard InChI is InChI=1S/C24H36ClN9O/c1-15-21(14-34(31-15)19-9-17-5-6-18(10-19)33(17)3)29-24-28-11-20(25)22(30-24)26-7-4-8-27-23(35)16-12-32(2)13-16/h11,14,16-19H,4-10,12-13H2,1-3H3,(H,27,35)(H2,26,28,29,30). The van der Waals surface area contributed by atoms with E-state index in [1.807, 2.05) is 14.0 Å². The summed E-state index contributed by atoms with van der Waals surface area (Å²) in [5.74, 6) is 1.32. The number of amides is 1. The van der Waals surface area contributed by atoms with E-state index in [-0.39, 0.29) is 11.8 Å². The zero-order valence-electron chi connectivity index (χ0n) is 20.8. The van der Waals surface area contributed by atoms with Gasteiger partial charge in [0.15, 0.2) is 0 Å². The quantitative estimate of drug-likeness (QED) is 0.451. The number of piperidine rings is 1. The molecule has 0 spiro atoms. The number of nitrogens with zero attached hydrogens (tertiary/aromatic N) is 6. The van der Waals surface area contributed by atoms with Crippen molar-refractivity contribution in [2.75, 3.05) is 50.9 Å². The van der Waals surface area contributed by atoms with Crippen molar-refractivity contribution in [1.82, 2.24) is 34.9 Å². The maximum atomic E-state index is 12.0. The van der Waals surface area contributed by atoms with Gasteiger partial charge in [0.05, 0.1) is 29.5 Å². The van der Waals surface area contributed by atoms with Crippen molar-refractivity contribution in [2.24, 2.45) is 5.92 Å². The van der Waals surface area contributed by atoms with Crippen LogP contribution in [0.3, 0.4) is 0 Å². The lowest BCUT2D eigenvalue weighted by Gasteiger charge is -2.36. The van der Waals surface area contributed by atoms with Crippen LogP contribution >= 0.6 is 11.6 Å². The van der Waals surface area contributed by atoms with Crippen molar-refractivity contribution in [2.45, 2.75) is 57.2 Å². The predicted molar refractivity (Wildman–Crippen MR) is 137 cm³/mol. The fourth-order valence-electron chi connectivity index (χ4n) is 5.58. The average Bonchev–Trinajstić information content (AvgIpc) is 3.25. The van der Waals surface area contributed by atoms with Crippen LogP contribution in [-0.4, -0.2) is 87.8 Å². The molecule has 3 aliphatic rings. The fraction of sp³-hybridized carbons (Fsp3) is 0.667. The highest BCUT2D eigenvalue weighted by Gasteiger charge is 2.39. The third kappa shape index (κ3) is 5.39. The Morgan fingerprint density at radius 2 is 1.89 bits per heavy atom. The third-order valence-electron chi connectivity index (χ3n) is 7.73. The second kappa shape index (κ2) is 10.3. The zero-order chi connectivity index (χ0) is 24.5. The van der Waals surface area contributed by atoms with Crippen LogP contribution in [0.4, 0.5) is 17.5 Å². The van der Waals surface area contributed by atoms with Gasteiger partial charge in [-0.3, -0.25) is 9.48 Å². The summed E-state index contributed by atoms with van der Waals surface area (Å²) in [6.07, 6.45) is 9.35. The molecule has 3 N–H and O–H groups in total. The molecule has 190 valence electrons. The van der Waals surface area contributed by atoms with Gasteiger partial charge < -0.3 is 25.8 Å². The number of anilines is 3. The molecule has 3 fully saturated rings. The van der Waals surface area contributed by atoms with Gasteiger partial charge >= 0.3 is 0 Å². The molecule has 0 aliphatic carbocycles. The van der Waals surface area contributed by atoms with E-state index in [0.717, 1.165) is 43.7 Å². The Morgan fingerprint density at radius 1 is 1.14 bits per heavy atom. The van der Waals surface area contributed by atoms with Crippen LogP contribution in [0.25, 0.3) is 0 Å². The maximum Gasteiger partial charge on any atom is 0.229 e. The Morgan fingerprint density at radius 3 is 2.60 bits per heavy atom. The summed E-state index contributed by atoms with van der Waals surface area (Å²) in [6.45, 7) is 4.96. The molecule has 0 aromatic carbocycles. The molecular formula is C24H36ClN9O. The largest absolute Gasteiger partial charge is 0.369 e. The summed E-state index contributed by atoms with van der Waals surface area (Å²) in [6, 6.07) is 1.77. The molecule has 3 aliphatic heterocycles. The van der Waals surface area contributed by atoms with E-state index in [0.29, 0.717) is 48.0 Å². The molecule has 11 heteroatoms. The summed E-state index contributed by atoms with van der Waals surface area (Å²) in [7, 11) is 4.28. The lowest BCUT2D eigenvalue weighted by molar-refractivity contribution is -0.129. The average molecular weight is 502 g/mol.